The lowest BCUT2D eigenvalue weighted by Gasteiger charge is -2.34. The van der Waals surface area contributed by atoms with Gasteiger partial charge >= 0.3 is 0 Å². The molecule has 2 aliphatic carbocycles. The first-order valence-corrected chi connectivity index (χ1v) is 7.67. The van der Waals surface area contributed by atoms with Crippen molar-refractivity contribution in [2.24, 2.45) is 17.8 Å². The number of carbonyl (C=O) groups excluding carboxylic acids is 1. The largest absolute Gasteiger partial charge is 0.352 e. The molecule has 0 radical (unpaired) electrons. The maximum Gasteiger partial charge on any atom is 0.234 e. The van der Waals surface area contributed by atoms with Gasteiger partial charge in [0, 0.05) is 6.04 Å². The van der Waals surface area contributed by atoms with Crippen molar-refractivity contribution < 1.29 is 4.79 Å². The van der Waals surface area contributed by atoms with Gasteiger partial charge in [0.25, 0.3) is 0 Å². The third-order valence-electron chi connectivity index (χ3n) is 4.44. The van der Waals surface area contributed by atoms with Crippen LogP contribution in [0.15, 0.2) is 0 Å². The van der Waals surface area contributed by atoms with Crippen LogP contribution in [0.1, 0.15) is 52.4 Å². The van der Waals surface area contributed by atoms with Crippen molar-refractivity contribution in [2.45, 2.75) is 58.4 Å². The fourth-order valence-corrected chi connectivity index (χ4v) is 3.11. The summed E-state index contributed by atoms with van der Waals surface area (Å²) in [5.74, 6) is 2.38. The van der Waals surface area contributed by atoms with Crippen molar-refractivity contribution in [2.75, 3.05) is 13.1 Å². The van der Waals surface area contributed by atoms with Crippen LogP contribution >= 0.6 is 12.4 Å². The van der Waals surface area contributed by atoms with Crippen LogP contribution < -0.4 is 10.6 Å². The maximum atomic E-state index is 11.9. The predicted octanol–water partition coefficient (Wildman–Crippen LogP) is 2.74. The molecule has 0 heterocycles. The minimum atomic E-state index is 0. The van der Waals surface area contributed by atoms with Gasteiger partial charge in [-0.15, -0.1) is 12.4 Å². The first-order valence-electron chi connectivity index (χ1n) is 7.67. The summed E-state index contributed by atoms with van der Waals surface area (Å²) in [5.41, 5.74) is 0. The third kappa shape index (κ3) is 5.70. The van der Waals surface area contributed by atoms with Crippen LogP contribution in [0, 0.1) is 17.8 Å². The molecule has 2 aliphatic rings. The predicted molar refractivity (Wildman–Crippen MR) is 81.6 cm³/mol. The number of nitrogens with one attached hydrogen (secondary N) is 2. The van der Waals surface area contributed by atoms with Crippen LogP contribution in [-0.2, 0) is 4.79 Å². The van der Waals surface area contributed by atoms with Gasteiger partial charge in [0.2, 0.25) is 5.91 Å². The first kappa shape index (κ1) is 16.8. The second-order valence-electron chi connectivity index (χ2n) is 6.44. The number of hydrogen-bond acceptors (Lipinski definition) is 2. The van der Waals surface area contributed by atoms with Crippen molar-refractivity contribution in [1.29, 1.82) is 0 Å². The summed E-state index contributed by atoms with van der Waals surface area (Å²) >= 11 is 0. The monoisotopic (exact) mass is 288 g/mol. The summed E-state index contributed by atoms with van der Waals surface area (Å²) < 4.78 is 0. The Hall–Kier alpha value is -0.280. The van der Waals surface area contributed by atoms with Crippen molar-refractivity contribution in [1.82, 2.24) is 10.6 Å². The highest BCUT2D eigenvalue weighted by Gasteiger charge is 2.28. The van der Waals surface area contributed by atoms with Gasteiger partial charge in [-0.25, -0.2) is 0 Å². The lowest BCUT2D eigenvalue weighted by Crippen LogP contribution is -2.47. The molecule has 112 valence electrons. The molecule has 1 amide bonds. The van der Waals surface area contributed by atoms with Crippen molar-refractivity contribution in [3.8, 4) is 0 Å². The smallest absolute Gasteiger partial charge is 0.234 e. The Bertz CT molecular complexity index is 279. The number of hydrogen-bond donors (Lipinski definition) is 2. The first-order chi connectivity index (χ1) is 8.66. The molecule has 3 nitrogen and oxygen atoms in total. The molecule has 2 saturated carbocycles. The molecule has 2 unspecified atom stereocenters. The zero-order valence-corrected chi connectivity index (χ0v) is 13.1. The molecule has 0 aromatic carbocycles. The zero-order chi connectivity index (χ0) is 13.0. The Kier molecular flexibility index (Phi) is 7.16. The minimum Gasteiger partial charge on any atom is -0.352 e. The number of amides is 1. The Labute approximate surface area is 123 Å². The van der Waals surface area contributed by atoms with E-state index in [-0.39, 0.29) is 18.3 Å². The van der Waals surface area contributed by atoms with Crippen LogP contribution in [-0.4, -0.2) is 25.0 Å². The quantitative estimate of drug-likeness (QED) is 0.789. The van der Waals surface area contributed by atoms with E-state index in [1.54, 1.807) is 0 Å². The molecule has 0 bridgehead atoms. The fourth-order valence-electron chi connectivity index (χ4n) is 3.11. The van der Waals surface area contributed by atoms with E-state index in [0.29, 0.717) is 24.4 Å². The second kappa shape index (κ2) is 8.11. The number of halogens is 1. The highest BCUT2D eigenvalue weighted by molar-refractivity contribution is 5.85. The zero-order valence-electron chi connectivity index (χ0n) is 12.3. The molecule has 0 aliphatic heterocycles. The molecular weight excluding hydrogens is 260 g/mol. The summed E-state index contributed by atoms with van der Waals surface area (Å²) in [4.78, 5) is 11.9. The lowest BCUT2D eigenvalue weighted by molar-refractivity contribution is -0.121. The standard InChI is InChI=1S/C15H28N2O.ClH/c1-11(2)13-5-3-4-6-14(13)17-15(18)10-16-9-12-7-8-12;/h11-14,16H,3-10H2,1-2H3,(H,17,18);1H. The molecule has 2 N–H and O–H groups in total. The van der Waals surface area contributed by atoms with Crippen molar-refractivity contribution in [3.63, 3.8) is 0 Å². The summed E-state index contributed by atoms with van der Waals surface area (Å²) in [6, 6.07) is 0.411. The Balaban J connectivity index is 0.00000180. The van der Waals surface area contributed by atoms with Gasteiger partial charge in [-0.1, -0.05) is 26.7 Å². The van der Waals surface area contributed by atoms with Crippen LogP contribution in [0.3, 0.4) is 0 Å². The molecule has 19 heavy (non-hydrogen) atoms. The molecule has 0 aromatic heterocycles. The SMILES string of the molecule is CC(C)C1CCCCC1NC(=O)CNCC1CC1.Cl. The third-order valence-corrected chi connectivity index (χ3v) is 4.44. The topological polar surface area (TPSA) is 41.1 Å². The van der Waals surface area contributed by atoms with E-state index in [2.05, 4.69) is 24.5 Å². The van der Waals surface area contributed by atoms with Crippen LogP contribution in [0.5, 0.6) is 0 Å². The molecule has 2 atom stereocenters. The highest BCUT2D eigenvalue weighted by Crippen LogP contribution is 2.30. The van der Waals surface area contributed by atoms with E-state index >= 15 is 0 Å². The normalized spacial score (nSPS) is 26.9. The molecular formula is C15H29ClN2O. The fraction of sp³-hybridized carbons (Fsp3) is 0.933. The Morgan fingerprint density at radius 3 is 2.47 bits per heavy atom. The molecule has 4 heteroatoms. The van der Waals surface area contributed by atoms with Gasteiger partial charge < -0.3 is 10.6 Å². The van der Waals surface area contributed by atoms with Crippen LogP contribution in [0.4, 0.5) is 0 Å². The molecule has 2 fully saturated rings. The van der Waals surface area contributed by atoms with Gasteiger partial charge in [0.15, 0.2) is 0 Å². The molecule has 0 aromatic rings. The molecule has 0 spiro atoms. The van der Waals surface area contributed by atoms with Crippen molar-refractivity contribution >= 4 is 18.3 Å². The highest BCUT2D eigenvalue weighted by atomic mass is 35.5. The van der Waals surface area contributed by atoms with Gasteiger partial charge in [-0.05, 0) is 50.0 Å². The van der Waals surface area contributed by atoms with Crippen molar-refractivity contribution in [3.05, 3.63) is 0 Å². The maximum absolute atomic E-state index is 11.9. The van der Waals surface area contributed by atoms with Gasteiger partial charge in [-0.2, -0.15) is 0 Å². The second-order valence-corrected chi connectivity index (χ2v) is 6.44. The average Bonchev–Trinajstić information content (AvgIpc) is 3.13. The van der Waals surface area contributed by atoms with Gasteiger partial charge in [-0.3, -0.25) is 4.79 Å². The molecule has 0 saturated heterocycles. The number of carbonyl (C=O) groups is 1. The van der Waals surface area contributed by atoms with Crippen LogP contribution in [0.25, 0.3) is 0 Å². The van der Waals surface area contributed by atoms with E-state index in [9.17, 15) is 4.79 Å². The van der Waals surface area contributed by atoms with Crippen LogP contribution in [0.2, 0.25) is 0 Å². The van der Waals surface area contributed by atoms with E-state index in [1.165, 1.54) is 32.1 Å². The minimum absolute atomic E-state index is 0. The summed E-state index contributed by atoms with van der Waals surface area (Å²) in [6.07, 6.45) is 7.72. The summed E-state index contributed by atoms with van der Waals surface area (Å²) in [6.45, 7) is 6.07. The lowest BCUT2D eigenvalue weighted by atomic mass is 9.78. The summed E-state index contributed by atoms with van der Waals surface area (Å²) in [5, 5.41) is 6.51. The molecule has 2 rings (SSSR count). The van der Waals surface area contributed by atoms with E-state index < -0.39 is 0 Å². The van der Waals surface area contributed by atoms with E-state index in [1.807, 2.05) is 0 Å². The Morgan fingerprint density at radius 2 is 1.84 bits per heavy atom. The Morgan fingerprint density at radius 1 is 1.16 bits per heavy atom. The summed E-state index contributed by atoms with van der Waals surface area (Å²) in [7, 11) is 0. The van der Waals surface area contributed by atoms with Gasteiger partial charge in [0.1, 0.15) is 0 Å². The average molecular weight is 289 g/mol. The van der Waals surface area contributed by atoms with Gasteiger partial charge in [0.05, 0.1) is 6.54 Å². The van der Waals surface area contributed by atoms with E-state index in [0.717, 1.165) is 18.9 Å². The number of rotatable bonds is 6. The van der Waals surface area contributed by atoms with E-state index in [4.69, 9.17) is 0 Å².